The molecule has 7 heteroatoms. The number of phenolic OH excluding ortho intramolecular Hbond substituents is 1. The fourth-order valence-electron chi connectivity index (χ4n) is 2.48. The van der Waals surface area contributed by atoms with E-state index in [2.05, 4.69) is 0 Å². The SMILES string of the molecule is O=C(CN1C(=O)C(=O)N(Cc2ccccc2)C1=O)c1ccc(O)cc1. The van der Waals surface area contributed by atoms with Crippen molar-refractivity contribution in [1.29, 1.82) is 0 Å². The van der Waals surface area contributed by atoms with Crippen LogP contribution in [-0.2, 0) is 16.1 Å². The summed E-state index contributed by atoms with van der Waals surface area (Å²) in [5.74, 6) is -2.48. The lowest BCUT2D eigenvalue weighted by atomic mass is 10.1. The van der Waals surface area contributed by atoms with Gasteiger partial charge in [0.25, 0.3) is 0 Å². The van der Waals surface area contributed by atoms with Crippen LogP contribution < -0.4 is 0 Å². The van der Waals surface area contributed by atoms with Gasteiger partial charge in [-0.25, -0.2) is 9.69 Å². The second-order valence-electron chi connectivity index (χ2n) is 5.52. The molecule has 1 saturated heterocycles. The van der Waals surface area contributed by atoms with E-state index in [1.807, 2.05) is 0 Å². The molecule has 0 aromatic heterocycles. The number of amides is 4. The van der Waals surface area contributed by atoms with Crippen molar-refractivity contribution in [1.82, 2.24) is 9.80 Å². The smallest absolute Gasteiger partial charge is 0.334 e. The number of rotatable bonds is 5. The van der Waals surface area contributed by atoms with Crippen LogP contribution in [0, 0.1) is 0 Å². The lowest BCUT2D eigenvalue weighted by Gasteiger charge is -2.15. The predicted molar refractivity (Wildman–Crippen MR) is 86.5 cm³/mol. The number of aromatic hydroxyl groups is 1. The standard InChI is InChI=1S/C18H14N2O5/c21-14-8-6-13(7-9-14)15(22)11-20-17(24)16(23)19(18(20)25)10-12-4-2-1-3-5-12/h1-9,21H,10-11H2. The fourth-order valence-corrected chi connectivity index (χ4v) is 2.48. The van der Waals surface area contributed by atoms with Gasteiger partial charge in [0.05, 0.1) is 13.1 Å². The van der Waals surface area contributed by atoms with Gasteiger partial charge in [-0.15, -0.1) is 0 Å². The molecule has 0 saturated carbocycles. The van der Waals surface area contributed by atoms with Gasteiger partial charge in [0.15, 0.2) is 5.78 Å². The van der Waals surface area contributed by atoms with E-state index in [9.17, 15) is 24.3 Å². The van der Waals surface area contributed by atoms with Crippen LogP contribution in [0.15, 0.2) is 54.6 Å². The van der Waals surface area contributed by atoms with Crippen molar-refractivity contribution >= 4 is 23.6 Å². The van der Waals surface area contributed by atoms with Gasteiger partial charge in [0, 0.05) is 5.56 Å². The molecule has 2 aromatic rings. The summed E-state index contributed by atoms with van der Waals surface area (Å²) in [7, 11) is 0. The number of carbonyl (C=O) groups excluding carboxylic acids is 4. The Hall–Kier alpha value is -3.48. The third-order valence-corrected chi connectivity index (χ3v) is 3.81. The van der Waals surface area contributed by atoms with Gasteiger partial charge >= 0.3 is 17.8 Å². The monoisotopic (exact) mass is 338 g/mol. The molecule has 1 fully saturated rings. The highest BCUT2D eigenvalue weighted by atomic mass is 16.3. The number of ketones is 1. The van der Waals surface area contributed by atoms with Gasteiger partial charge in [-0.2, -0.15) is 0 Å². The van der Waals surface area contributed by atoms with Gasteiger partial charge < -0.3 is 5.11 Å². The molecule has 0 unspecified atom stereocenters. The minimum atomic E-state index is -1.02. The van der Waals surface area contributed by atoms with Gasteiger partial charge in [0.1, 0.15) is 5.75 Å². The molecule has 3 rings (SSSR count). The number of nitrogens with zero attached hydrogens (tertiary/aromatic N) is 2. The van der Waals surface area contributed by atoms with Crippen molar-refractivity contribution in [2.75, 3.05) is 6.54 Å². The number of urea groups is 1. The van der Waals surface area contributed by atoms with E-state index in [0.29, 0.717) is 10.5 Å². The molecule has 4 amide bonds. The van der Waals surface area contributed by atoms with Crippen LogP contribution >= 0.6 is 0 Å². The highest BCUT2D eigenvalue weighted by Crippen LogP contribution is 2.17. The zero-order valence-corrected chi connectivity index (χ0v) is 13.1. The summed E-state index contributed by atoms with van der Waals surface area (Å²) < 4.78 is 0. The lowest BCUT2D eigenvalue weighted by Crippen LogP contribution is -2.36. The normalized spacial score (nSPS) is 14.3. The first-order chi connectivity index (χ1) is 12.0. The lowest BCUT2D eigenvalue weighted by molar-refractivity contribution is -0.143. The maximum absolute atomic E-state index is 12.4. The molecule has 1 aliphatic rings. The van der Waals surface area contributed by atoms with Crippen LogP contribution in [0.5, 0.6) is 5.75 Å². The zero-order valence-electron chi connectivity index (χ0n) is 13.1. The Kier molecular flexibility index (Phi) is 4.30. The minimum absolute atomic E-state index is 0.00547. The molecular formula is C18H14N2O5. The van der Waals surface area contributed by atoms with Crippen molar-refractivity contribution in [3.05, 3.63) is 65.7 Å². The van der Waals surface area contributed by atoms with E-state index in [-0.39, 0.29) is 17.9 Å². The predicted octanol–water partition coefficient (Wildman–Crippen LogP) is 1.57. The van der Waals surface area contributed by atoms with Crippen molar-refractivity contribution in [2.45, 2.75) is 6.54 Å². The number of carbonyl (C=O) groups is 4. The van der Waals surface area contributed by atoms with Crippen molar-refractivity contribution in [3.8, 4) is 5.75 Å². The number of hydrogen-bond donors (Lipinski definition) is 1. The summed E-state index contributed by atoms with van der Waals surface area (Å²) in [6.07, 6.45) is 0. The van der Waals surface area contributed by atoms with Gasteiger partial charge in [0.2, 0.25) is 0 Å². The Morgan fingerprint density at radius 3 is 2.08 bits per heavy atom. The quantitative estimate of drug-likeness (QED) is 0.507. The van der Waals surface area contributed by atoms with E-state index in [0.717, 1.165) is 4.90 Å². The molecule has 25 heavy (non-hydrogen) atoms. The van der Waals surface area contributed by atoms with E-state index >= 15 is 0 Å². The Morgan fingerprint density at radius 2 is 1.44 bits per heavy atom. The summed E-state index contributed by atoms with van der Waals surface area (Å²) >= 11 is 0. The summed E-state index contributed by atoms with van der Waals surface area (Å²) in [5.41, 5.74) is 0.927. The average molecular weight is 338 g/mol. The number of phenols is 1. The highest BCUT2D eigenvalue weighted by molar-refractivity contribution is 6.45. The topological polar surface area (TPSA) is 95.0 Å². The van der Waals surface area contributed by atoms with E-state index in [4.69, 9.17) is 0 Å². The van der Waals surface area contributed by atoms with Crippen LogP contribution in [-0.4, -0.2) is 45.1 Å². The molecule has 1 N–H and O–H groups in total. The number of Topliss-reactive ketones (excluding diaryl/α,β-unsaturated/α-hetero) is 1. The number of imide groups is 2. The summed E-state index contributed by atoms with van der Waals surface area (Å²) in [5, 5.41) is 9.24. The summed E-state index contributed by atoms with van der Waals surface area (Å²) in [6, 6.07) is 13.4. The highest BCUT2D eigenvalue weighted by Gasteiger charge is 2.45. The zero-order chi connectivity index (χ0) is 18.0. The third-order valence-electron chi connectivity index (χ3n) is 3.81. The maximum Gasteiger partial charge on any atom is 0.334 e. The van der Waals surface area contributed by atoms with Crippen molar-refractivity contribution in [2.24, 2.45) is 0 Å². The first-order valence-electron chi connectivity index (χ1n) is 7.51. The molecule has 0 bridgehead atoms. The van der Waals surface area contributed by atoms with Crippen LogP contribution in [0.4, 0.5) is 4.79 Å². The van der Waals surface area contributed by atoms with Crippen LogP contribution in [0.25, 0.3) is 0 Å². The Labute approximate surface area is 143 Å². The Balaban J connectivity index is 1.75. The number of hydrogen-bond acceptors (Lipinski definition) is 5. The van der Waals surface area contributed by atoms with Gasteiger partial charge in [-0.3, -0.25) is 19.3 Å². The Morgan fingerprint density at radius 1 is 0.840 bits per heavy atom. The van der Waals surface area contributed by atoms with Crippen molar-refractivity contribution in [3.63, 3.8) is 0 Å². The van der Waals surface area contributed by atoms with Crippen LogP contribution in [0.1, 0.15) is 15.9 Å². The molecule has 1 heterocycles. The van der Waals surface area contributed by atoms with Gasteiger partial charge in [-0.1, -0.05) is 30.3 Å². The first-order valence-corrected chi connectivity index (χ1v) is 7.51. The van der Waals surface area contributed by atoms with Crippen LogP contribution in [0.2, 0.25) is 0 Å². The molecule has 0 atom stereocenters. The molecule has 2 aromatic carbocycles. The Bertz CT molecular complexity index is 846. The summed E-state index contributed by atoms with van der Waals surface area (Å²) in [4.78, 5) is 50.2. The molecule has 1 aliphatic heterocycles. The second kappa shape index (κ2) is 6.56. The number of benzene rings is 2. The summed E-state index contributed by atoms with van der Waals surface area (Å²) in [6.45, 7) is -0.562. The van der Waals surface area contributed by atoms with E-state index < -0.39 is 30.2 Å². The van der Waals surface area contributed by atoms with Crippen LogP contribution in [0.3, 0.4) is 0 Å². The molecule has 7 nitrogen and oxygen atoms in total. The molecule has 0 aliphatic carbocycles. The molecular weight excluding hydrogens is 324 g/mol. The van der Waals surface area contributed by atoms with Crippen molar-refractivity contribution < 1.29 is 24.3 Å². The minimum Gasteiger partial charge on any atom is -0.508 e. The first kappa shape index (κ1) is 16.4. The molecule has 0 radical (unpaired) electrons. The van der Waals surface area contributed by atoms with Gasteiger partial charge in [-0.05, 0) is 29.8 Å². The average Bonchev–Trinajstić information content (AvgIpc) is 2.81. The molecule has 0 spiro atoms. The molecule has 126 valence electrons. The third kappa shape index (κ3) is 3.25. The van der Waals surface area contributed by atoms with E-state index in [1.165, 1.54) is 24.3 Å². The fraction of sp³-hybridized carbons (Fsp3) is 0.111. The maximum atomic E-state index is 12.4. The largest absolute Gasteiger partial charge is 0.508 e. The van der Waals surface area contributed by atoms with E-state index in [1.54, 1.807) is 30.3 Å². The second-order valence-corrected chi connectivity index (χ2v) is 5.52.